The second kappa shape index (κ2) is 6.56. The van der Waals surface area contributed by atoms with E-state index in [9.17, 15) is 0 Å². The predicted molar refractivity (Wildman–Crippen MR) is 89.3 cm³/mol. The van der Waals surface area contributed by atoms with Gasteiger partial charge >= 0.3 is 0 Å². The molecule has 0 unspecified atom stereocenters. The summed E-state index contributed by atoms with van der Waals surface area (Å²) in [5, 5.41) is 7.26. The van der Waals surface area contributed by atoms with Gasteiger partial charge in [0.25, 0.3) is 0 Å². The first-order valence-corrected chi connectivity index (χ1v) is 7.95. The molecular weight excluding hydrogens is 325 g/mol. The van der Waals surface area contributed by atoms with E-state index < -0.39 is 0 Å². The van der Waals surface area contributed by atoms with Crippen LogP contribution in [0.5, 0.6) is 0 Å². The van der Waals surface area contributed by atoms with Gasteiger partial charge in [0.05, 0.1) is 10.0 Å². The predicted octanol–water partition coefficient (Wildman–Crippen LogP) is 5.40. The van der Waals surface area contributed by atoms with Crippen LogP contribution in [0.3, 0.4) is 0 Å². The van der Waals surface area contributed by atoms with Crippen molar-refractivity contribution in [2.45, 2.75) is 4.90 Å². The third-order valence-electron chi connectivity index (χ3n) is 2.96. The van der Waals surface area contributed by atoms with Gasteiger partial charge in [0.1, 0.15) is 12.3 Å². The summed E-state index contributed by atoms with van der Waals surface area (Å²) in [6, 6.07) is 15.5. The van der Waals surface area contributed by atoms with E-state index in [0.717, 1.165) is 16.0 Å². The zero-order chi connectivity index (χ0) is 14.7. The van der Waals surface area contributed by atoms with Gasteiger partial charge in [0.2, 0.25) is 0 Å². The fourth-order valence-corrected chi connectivity index (χ4v) is 3.30. The molecule has 0 saturated heterocycles. The molecule has 0 aromatic heterocycles. The van der Waals surface area contributed by atoms with E-state index in [4.69, 9.17) is 28.0 Å². The summed E-state index contributed by atoms with van der Waals surface area (Å²) < 4.78 is 0. The molecule has 0 N–H and O–H groups in total. The minimum absolute atomic E-state index is 0.427. The van der Waals surface area contributed by atoms with Gasteiger partial charge in [-0.1, -0.05) is 64.4 Å². The smallest absolute Gasteiger partial charge is 0.145 e. The normalized spacial score (nSPS) is 15.9. The van der Waals surface area contributed by atoms with E-state index in [-0.39, 0.29) is 0 Å². The van der Waals surface area contributed by atoms with E-state index >= 15 is 0 Å². The highest BCUT2D eigenvalue weighted by atomic mass is 35.5. The van der Waals surface area contributed by atoms with Crippen LogP contribution in [0.4, 0.5) is 0 Å². The molecular formula is C16H11Cl2NOS. The molecule has 2 nitrogen and oxygen atoms in total. The molecule has 0 bridgehead atoms. The number of nitrogens with zero attached hydrogens (tertiary/aromatic N) is 1. The Balaban J connectivity index is 1.89. The Morgan fingerprint density at radius 1 is 1.00 bits per heavy atom. The molecule has 5 heteroatoms. The Labute approximate surface area is 137 Å². The minimum atomic E-state index is 0.427. The van der Waals surface area contributed by atoms with Crippen molar-refractivity contribution in [2.24, 2.45) is 5.16 Å². The lowest BCUT2D eigenvalue weighted by Crippen LogP contribution is -2.03. The van der Waals surface area contributed by atoms with Gasteiger partial charge in [-0.05, 0) is 29.7 Å². The molecule has 1 aliphatic heterocycles. The van der Waals surface area contributed by atoms with Crippen LogP contribution < -0.4 is 0 Å². The summed E-state index contributed by atoms with van der Waals surface area (Å²) >= 11 is 14.1. The van der Waals surface area contributed by atoms with Crippen molar-refractivity contribution < 1.29 is 4.84 Å². The topological polar surface area (TPSA) is 21.6 Å². The summed E-state index contributed by atoms with van der Waals surface area (Å²) in [4.78, 5) is 6.37. The number of halogens is 2. The fourth-order valence-electron chi connectivity index (χ4n) is 1.95. The maximum absolute atomic E-state index is 6.24. The first kappa shape index (κ1) is 14.5. The van der Waals surface area contributed by atoms with E-state index in [1.165, 1.54) is 0 Å². The molecule has 1 aliphatic rings. The molecule has 0 radical (unpaired) electrons. The highest BCUT2D eigenvalue weighted by Crippen LogP contribution is 2.31. The van der Waals surface area contributed by atoms with Crippen LogP contribution in [-0.4, -0.2) is 12.3 Å². The maximum Gasteiger partial charge on any atom is 0.145 e. The van der Waals surface area contributed by atoms with Crippen LogP contribution in [0.1, 0.15) is 5.56 Å². The SMILES string of the molecule is Clc1cccc(Cl)c1C1=NOCC1=CSc1ccccc1. The number of hydrogen-bond donors (Lipinski definition) is 0. The summed E-state index contributed by atoms with van der Waals surface area (Å²) in [6.45, 7) is 0.427. The van der Waals surface area contributed by atoms with Gasteiger partial charge in [-0.3, -0.25) is 0 Å². The number of benzene rings is 2. The molecule has 0 atom stereocenters. The Kier molecular flexibility index (Phi) is 4.54. The Bertz CT molecular complexity index is 693. The van der Waals surface area contributed by atoms with E-state index in [2.05, 4.69) is 17.3 Å². The van der Waals surface area contributed by atoms with Crippen molar-refractivity contribution in [3.8, 4) is 0 Å². The number of thioether (sulfide) groups is 1. The zero-order valence-corrected chi connectivity index (χ0v) is 13.3. The van der Waals surface area contributed by atoms with Gasteiger partial charge in [0, 0.05) is 16.0 Å². The van der Waals surface area contributed by atoms with Crippen LogP contribution in [0.2, 0.25) is 10.0 Å². The third-order valence-corrected chi connectivity index (χ3v) is 4.54. The molecule has 0 amide bonds. The van der Waals surface area contributed by atoms with Crippen LogP contribution in [0, 0.1) is 0 Å². The third kappa shape index (κ3) is 3.26. The van der Waals surface area contributed by atoms with Gasteiger partial charge in [-0.2, -0.15) is 0 Å². The average Bonchev–Trinajstić information content (AvgIpc) is 2.94. The fraction of sp³-hybridized carbons (Fsp3) is 0.0625. The molecule has 0 aliphatic carbocycles. The number of oxime groups is 1. The van der Waals surface area contributed by atoms with Crippen molar-refractivity contribution in [1.29, 1.82) is 0 Å². The van der Waals surface area contributed by atoms with Crippen LogP contribution >= 0.6 is 35.0 Å². The summed E-state index contributed by atoms with van der Waals surface area (Å²) in [6.07, 6.45) is 0. The maximum atomic E-state index is 6.24. The van der Waals surface area contributed by atoms with Crippen LogP contribution in [0.15, 0.2) is 69.6 Å². The molecule has 0 fully saturated rings. The molecule has 2 aromatic carbocycles. The standard InChI is InChI=1S/C16H11Cl2NOS/c17-13-7-4-8-14(18)15(13)16-11(9-20-19-16)10-21-12-5-2-1-3-6-12/h1-8,10H,9H2. The van der Waals surface area contributed by atoms with E-state index in [0.29, 0.717) is 22.4 Å². The Hall–Kier alpha value is -1.42. The van der Waals surface area contributed by atoms with Gasteiger partial charge < -0.3 is 4.84 Å². The second-order valence-corrected chi connectivity index (χ2v) is 6.14. The van der Waals surface area contributed by atoms with Crippen molar-refractivity contribution in [3.05, 3.63) is 75.1 Å². The summed E-state index contributed by atoms with van der Waals surface area (Å²) in [7, 11) is 0. The van der Waals surface area contributed by atoms with Crippen LogP contribution in [0.25, 0.3) is 0 Å². The van der Waals surface area contributed by atoms with Crippen molar-refractivity contribution in [3.63, 3.8) is 0 Å². The van der Waals surface area contributed by atoms with E-state index in [1.807, 2.05) is 29.7 Å². The number of hydrogen-bond acceptors (Lipinski definition) is 3. The lowest BCUT2D eigenvalue weighted by atomic mass is 10.0. The first-order chi connectivity index (χ1) is 10.3. The van der Waals surface area contributed by atoms with Crippen molar-refractivity contribution in [1.82, 2.24) is 0 Å². The highest BCUT2D eigenvalue weighted by Gasteiger charge is 2.22. The summed E-state index contributed by atoms with van der Waals surface area (Å²) in [5.41, 5.74) is 2.39. The monoisotopic (exact) mass is 335 g/mol. The lowest BCUT2D eigenvalue weighted by Gasteiger charge is -2.06. The second-order valence-electron chi connectivity index (χ2n) is 4.38. The van der Waals surface area contributed by atoms with Crippen molar-refractivity contribution >= 4 is 40.7 Å². The molecule has 0 saturated carbocycles. The molecule has 1 heterocycles. The van der Waals surface area contributed by atoms with Gasteiger partial charge in [-0.25, -0.2) is 0 Å². The first-order valence-electron chi connectivity index (χ1n) is 6.31. The van der Waals surface area contributed by atoms with Crippen LogP contribution in [-0.2, 0) is 4.84 Å². The van der Waals surface area contributed by atoms with Crippen molar-refractivity contribution in [2.75, 3.05) is 6.61 Å². The highest BCUT2D eigenvalue weighted by molar-refractivity contribution is 8.02. The average molecular weight is 336 g/mol. The molecule has 0 spiro atoms. The summed E-state index contributed by atoms with van der Waals surface area (Å²) in [5.74, 6) is 0. The minimum Gasteiger partial charge on any atom is -0.390 e. The Morgan fingerprint density at radius 2 is 1.71 bits per heavy atom. The molecule has 106 valence electrons. The largest absolute Gasteiger partial charge is 0.390 e. The van der Waals surface area contributed by atoms with Gasteiger partial charge in [-0.15, -0.1) is 0 Å². The number of rotatable bonds is 3. The Morgan fingerprint density at radius 3 is 2.43 bits per heavy atom. The zero-order valence-electron chi connectivity index (χ0n) is 10.9. The van der Waals surface area contributed by atoms with Gasteiger partial charge in [0.15, 0.2) is 0 Å². The quantitative estimate of drug-likeness (QED) is 0.700. The molecule has 3 rings (SSSR count). The molecule has 2 aromatic rings. The van der Waals surface area contributed by atoms with E-state index in [1.54, 1.807) is 23.9 Å². The lowest BCUT2D eigenvalue weighted by molar-refractivity contribution is 0.187. The molecule has 21 heavy (non-hydrogen) atoms.